The summed E-state index contributed by atoms with van der Waals surface area (Å²) in [5.41, 5.74) is 1.44. The maximum absolute atomic E-state index is 11.3. The first-order valence-electron chi connectivity index (χ1n) is 5.42. The average molecular weight is 229 g/mol. The number of hydrogen-bond acceptors (Lipinski definition) is 3. The van der Waals surface area contributed by atoms with Gasteiger partial charge < -0.3 is 4.74 Å². The molecule has 0 amide bonds. The smallest absolute Gasteiger partial charge is 0.181 e. The van der Waals surface area contributed by atoms with Gasteiger partial charge in [0.15, 0.2) is 11.9 Å². The van der Waals surface area contributed by atoms with Crippen molar-refractivity contribution in [3.63, 3.8) is 0 Å². The van der Waals surface area contributed by atoms with Crippen LogP contribution in [0.4, 0.5) is 0 Å². The summed E-state index contributed by atoms with van der Waals surface area (Å²) in [6, 6.07) is 7.20. The highest BCUT2D eigenvalue weighted by Crippen LogP contribution is 2.23. The van der Waals surface area contributed by atoms with Gasteiger partial charge in [0.25, 0.3) is 0 Å². The van der Waals surface area contributed by atoms with Crippen molar-refractivity contribution >= 4 is 11.9 Å². The van der Waals surface area contributed by atoms with Gasteiger partial charge in [-0.05, 0) is 39.0 Å². The van der Waals surface area contributed by atoms with Crippen LogP contribution in [0.15, 0.2) is 24.3 Å². The van der Waals surface area contributed by atoms with Gasteiger partial charge in [0.1, 0.15) is 11.8 Å². The van der Waals surface area contributed by atoms with E-state index in [1.165, 1.54) is 6.92 Å². The summed E-state index contributed by atoms with van der Waals surface area (Å²) in [5.74, 6) is 0.623. The van der Waals surface area contributed by atoms with Crippen molar-refractivity contribution in [1.82, 2.24) is 0 Å². The molecular weight excluding hydrogens is 214 g/mol. The molecule has 17 heavy (non-hydrogen) atoms. The maximum Gasteiger partial charge on any atom is 0.181 e. The molecule has 0 bridgehead atoms. The van der Waals surface area contributed by atoms with Gasteiger partial charge in [-0.1, -0.05) is 12.2 Å². The molecule has 1 aromatic carbocycles. The van der Waals surface area contributed by atoms with Crippen molar-refractivity contribution in [2.75, 3.05) is 0 Å². The predicted molar refractivity (Wildman–Crippen MR) is 66.9 cm³/mol. The number of Topliss-reactive ketones (excluding diaryl/α,β-unsaturated/α-hetero) is 1. The molecule has 1 atom stereocenters. The fraction of sp³-hybridized carbons (Fsp3) is 0.286. The van der Waals surface area contributed by atoms with E-state index in [-0.39, 0.29) is 5.78 Å². The van der Waals surface area contributed by atoms with Crippen LogP contribution in [0.1, 0.15) is 36.7 Å². The van der Waals surface area contributed by atoms with Gasteiger partial charge in [0.2, 0.25) is 0 Å². The standard InChI is InChI=1S/C14H15NO2/c1-4-5-13-8-12(11(3)16)6-7-14(13)17-10(2)9-15/h4-8,10H,1-3H3/b5-4-. The van der Waals surface area contributed by atoms with Gasteiger partial charge in [-0.2, -0.15) is 5.26 Å². The Morgan fingerprint density at radius 3 is 2.76 bits per heavy atom. The first kappa shape index (κ1) is 13.0. The van der Waals surface area contributed by atoms with Crippen molar-refractivity contribution in [3.05, 3.63) is 35.4 Å². The molecule has 0 saturated heterocycles. The van der Waals surface area contributed by atoms with Gasteiger partial charge in [0, 0.05) is 11.1 Å². The molecule has 0 radical (unpaired) electrons. The Balaban J connectivity index is 3.13. The Bertz CT molecular complexity index is 483. The highest BCUT2D eigenvalue weighted by atomic mass is 16.5. The number of carbonyl (C=O) groups is 1. The maximum atomic E-state index is 11.3. The van der Waals surface area contributed by atoms with Crippen molar-refractivity contribution < 1.29 is 9.53 Å². The molecular formula is C14H15NO2. The molecule has 1 unspecified atom stereocenters. The fourth-order valence-corrected chi connectivity index (χ4v) is 1.40. The normalized spacial score (nSPS) is 12.1. The number of carbonyl (C=O) groups excluding carboxylic acids is 1. The molecule has 0 spiro atoms. The molecule has 1 rings (SSSR count). The van der Waals surface area contributed by atoms with Gasteiger partial charge in [-0.15, -0.1) is 0 Å². The topological polar surface area (TPSA) is 50.1 Å². The Morgan fingerprint density at radius 2 is 2.24 bits per heavy atom. The lowest BCUT2D eigenvalue weighted by Gasteiger charge is -2.11. The zero-order valence-corrected chi connectivity index (χ0v) is 10.2. The quantitative estimate of drug-likeness (QED) is 0.745. The van der Waals surface area contributed by atoms with Crippen LogP contribution in [-0.2, 0) is 0 Å². The van der Waals surface area contributed by atoms with E-state index in [1.807, 2.05) is 25.1 Å². The number of ether oxygens (including phenoxy) is 1. The molecule has 0 aromatic heterocycles. The van der Waals surface area contributed by atoms with Crippen molar-refractivity contribution in [2.24, 2.45) is 0 Å². The number of allylic oxidation sites excluding steroid dienone is 1. The van der Waals surface area contributed by atoms with Gasteiger partial charge >= 0.3 is 0 Å². The molecule has 0 aliphatic rings. The third-order valence-electron chi connectivity index (χ3n) is 2.25. The van der Waals surface area contributed by atoms with E-state index in [4.69, 9.17) is 10.00 Å². The molecule has 88 valence electrons. The molecule has 0 N–H and O–H groups in total. The summed E-state index contributed by atoms with van der Waals surface area (Å²) in [6.07, 6.45) is 3.21. The number of benzene rings is 1. The van der Waals surface area contributed by atoms with Crippen LogP contribution in [0, 0.1) is 11.3 Å². The first-order valence-corrected chi connectivity index (χ1v) is 5.42. The van der Waals surface area contributed by atoms with Gasteiger partial charge in [-0.3, -0.25) is 4.79 Å². The van der Waals surface area contributed by atoms with Crippen LogP contribution in [0.5, 0.6) is 5.75 Å². The molecule has 0 fully saturated rings. The van der Waals surface area contributed by atoms with Gasteiger partial charge in [0.05, 0.1) is 0 Å². The highest BCUT2D eigenvalue weighted by molar-refractivity contribution is 5.95. The Labute approximate surface area is 101 Å². The number of ketones is 1. The largest absolute Gasteiger partial charge is 0.475 e. The predicted octanol–water partition coefficient (Wildman–Crippen LogP) is 3.21. The van der Waals surface area contributed by atoms with Crippen LogP contribution >= 0.6 is 0 Å². The molecule has 1 aromatic rings. The minimum atomic E-state index is -0.512. The van der Waals surface area contributed by atoms with Gasteiger partial charge in [-0.25, -0.2) is 0 Å². The van der Waals surface area contributed by atoms with Crippen LogP contribution in [0.25, 0.3) is 6.08 Å². The Hall–Kier alpha value is -2.08. The Kier molecular flexibility index (Phi) is 4.47. The van der Waals surface area contributed by atoms with Crippen molar-refractivity contribution in [3.8, 4) is 11.8 Å². The monoisotopic (exact) mass is 229 g/mol. The van der Waals surface area contributed by atoms with E-state index in [1.54, 1.807) is 25.1 Å². The van der Waals surface area contributed by atoms with Crippen LogP contribution in [-0.4, -0.2) is 11.9 Å². The van der Waals surface area contributed by atoms with Crippen molar-refractivity contribution in [2.45, 2.75) is 26.9 Å². The van der Waals surface area contributed by atoms with E-state index in [0.717, 1.165) is 5.56 Å². The Morgan fingerprint density at radius 1 is 1.53 bits per heavy atom. The molecule has 0 saturated carbocycles. The van der Waals surface area contributed by atoms with E-state index >= 15 is 0 Å². The van der Waals surface area contributed by atoms with E-state index in [0.29, 0.717) is 11.3 Å². The summed E-state index contributed by atoms with van der Waals surface area (Å²) < 4.78 is 5.46. The minimum absolute atomic E-state index is 0.00985. The number of hydrogen-bond donors (Lipinski definition) is 0. The van der Waals surface area contributed by atoms with E-state index < -0.39 is 6.10 Å². The molecule has 0 aliphatic heterocycles. The lowest BCUT2D eigenvalue weighted by atomic mass is 10.1. The summed E-state index contributed by atoms with van der Waals surface area (Å²) in [7, 11) is 0. The fourth-order valence-electron chi connectivity index (χ4n) is 1.40. The molecule has 0 heterocycles. The molecule has 0 aliphatic carbocycles. The summed E-state index contributed by atoms with van der Waals surface area (Å²) in [6.45, 7) is 5.09. The second kappa shape index (κ2) is 5.86. The van der Waals surface area contributed by atoms with Crippen LogP contribution < -0.4 is 4.74 Å². The first-order chi connectivity index (χ1) is 8.08. The van der Waals surface area contributed by atoms with E-state index in [2.05, 4.69) is 0 Å². The minimum Gasteiger partial charge on any atom is -0.475 e. The summed E-state index contributed by atoms with van der Waals surface area (Å²) >= 11 is 0. The average Bonchev–Trinajstić information content (AvgIpc) is 2.31. The van der Waals surface area contributed by atoms with Crippen LogP contribution in [0.2, 0.25) is 0 Å². The van der Waals surface area contributed by atoms with Crippen LogP contribution in [0.3, 0.4) is 0 Å². The molecule has 3 heteroatoms. The zero-order valence-electron chi connectivity index (χ0n) is 10.2. The lowest BCUT2D eigenvalue weighted by molar-refractivity contribution is 0.101. The SMILES string of the molecule is C/C=C\c1cc(C(C)=O)ccc1OC(C)C#N. The second-order valence-electron chi connectivity index (χ2n) is 3.70. The number of nitriles is 1. The van der Waals surface area contributed by atoms with Crippen molar-refractivity contribution in [1.29, 1.82) is 5.26 Å². The molecule has 3 nitrogen and oxygen atoms in total. The summed E-state index contributed by atoms with van der Waals surface area (Å²) in [4.78, 5) is 11.3. The zero-order chi connectivity index (χ0) is 12.8. The van der Waals surface area contributed by atoms with E-state index in [9.17, 15) is 4.79 Å². The third-order valence-corrected chi connectivity index (χ3v) is 2.25. The highest BCUT2D eigenvalue weighted by Gasteiger charge is 2.08. The summed E-state index contributed by atoms with van der Waals surface area (Å²) in [5, 5.41) is 8.71. The number of rotatable bonds is 4. The second-order valence-corrected chi connectivity index (χ2v) is 3.70. The number of nitrogens with zero attached hydrogens (tertiary/aromatic N) is 1. The third kappa shape index (κ3) is 3.46. The lowest BCUT2D eigenvalue weighted by Crippen LogP contribution is -2.09.